The van der Waals surface area contributed by atoms with Crippen molar-refractivity contribution >= 4 is 23.4 Å². The van der Waals surface area contributed by atoms with Crippen LogP contribution in [0.3, 0.4) is 0 Å². The van der Waals surface area contributed by atoms with E-state index in [0.717, 1.165) is 0 Å². The van der Waals surface area contributed by atoms with Gasteiger partial charge in [0.2, 0.25) is 17.5 Å². The number of nitrogens with one attached hydrogen (secondary N) is 1. The molecule has 4 rings (SSSR count). The van der Waals surface area contributed by atoms with Crippen LogP contribution in [-0.4, -0.2) is 48.9 Å². The maximum atomic E-state index is 12.8. The Morgan fingerprint density at radius 2 is 2.00 bits per heavy atom. The van der Waals surface area contributed by atoms with Crippen molar-refractivity contribution in [2.75, 3.05) is 37.4 Å². The van der Waals surface area contributed by atoms with Crippen LogP contribution < -0.4 is 10.2 Å². The van der Waals surface area contributed by atoms with Gasteiger partial charge < -0.3 is 24.0 Å². The number of hydrogen-bond donors (Lipinski definition) is 1. The first-order valence-electron chi connectivity index (χ1n) is 10.3. The highest BCUT2D eigenvalue weighted by Gasteiger charge is 2.29. The van der Waals surface area contributed by atoms with Gasteiger partial charge in [-0.3, -0.25) is 9.59 Å². The minimum atomic E-state index is -0.183. The average Bonchev–Trinajstić information content (AvgIpc) is 3.48. The van der Waals surface area contributed by atoms with Crippen LogP contribution in [0.1, 0.15) is 28.9 Å². The van der Waals surface area contributed by atoms with E-state index in [2.05, 4.69) is 16.4 Å². The number of oxazole rings is 1. The first kappa shape index (κ1) is 21.2. The van der Waals surface area contributed by atoms with E-state index >= 15 is 0 Å². The van der Waals surface area contributed by atoms with Gasteiger partial charge in [-0.1, -0.05) is 6.07 Å². The fraction of sp³-hybridized carbons (Fsp3) is 0.304. The second-order valence-electron chi connectivity index (χ2n) is 7.79. The lowest BCUT2D eigenvalue weighted by Crippen LogP contribution is -2.38. The number of benzene rings is 1. The molecule has 1 aliphatic heterocycles. The van der Waals surface area contributed by atoms with Gasteiger partial charge in [0.15, 0.2) is 5.76 Å². The molecular weight excluding hydrogens is 410 g/mol. The van der Waals surface area contributed by atoms with Gasteiger partial charge in [-0.05, 0) is 43.2 Å². The molecule has 0 unspecified atom stereocenters. The highest BCUT2D eigenvalue weighted by molar-refractivity contribution is 5.97. The van der Waals surface area contributed by atoms with Crippen molar-refractivity contribution in [2.24, 2.45) is 5.92 Å². The lowest BCUT2D eigenvalue weighted by atomic mass is 9.95. The van der Waals surface area contributed by atoms with Crippen LogP contribution in [0.25, 0.3) is 11.7 Å². The maximum Gasteiger partial charge on any atom is 0.266 e. The highest BCUT2D eigenvalue weighted by atomic mass is 16.4. The lowest BCUT2D eigenvalue weighted by molar-refractivity contribution is -0.120. The van der Waals surface area contributed by atoms with E-state index in [-0.39, 0.29) is 29.3 Å². The molecule has 0 spiro atoms. The number of rotatable bonds is 5. The topological polar surface area (TPSA) is 116 Å². The van der Waals surface area contributed by atoms with Crippen molar-refractivity contribution in [2.45, 2.75) is 12.8 Å². The Morgan fingerprint density at radius 1 is 1.22 bits per heavy atom. The van der Waals surface area contributed by atoms with E-state index in [1.54, 1.807) is 50.5 Å². The largest absolute Gasteiger partial charge is 0.459 e. The average molecular weight is 433 g/mol. The van der Waals surface area contributed by atoms with E-state index < -0.39 is 0 Å². The fourth-order valence-electron chi connectivity index (χ4n) is 3.68. The van der Waals surface area contributed by atoms with Gasteiger partial charge >= 0.3 is 0 Å². The zero-order valence-corrected chi connectivity index (χ0v) is 17.9. The Kier molecular flexibility index (Phi) is 5.94. The van der Waals surface area contributed by atoms with Crippen LogP contribution in [0.5, 0.6) is 0 Å². The number of nitrogens with zero attached hydrogens (tertiary/aromatic N) is 4. The summed E-state index contributed by atoms with van der Waals surface area (Å²) in [6.07, 6.45) is 2.72. The predicted molar refractivity (Wildman–Crippen MR) is 117 cm³/mol. The van der Waals surface area contributed by atoms with Gasteiger partial charge in [-0.15, -0.1) is 0 Å². The number of carbonyl (C=O) groups is 2. The number of anilines is 2. The third kappa shape index (κ3) is 4.34. The van der Waals surface area contributed by atoms with Crippen LogP contribution >= 0.6 is 0 Å². The molecule has 1 aromatic carbocycles. The van der Waals surface area contributed by atoms with Crippen LogP contribution in [0.4, 0.5) is 11.6 Å². The molecule has 1 aliphatic rings. The number of carbonyl (C=O) groups excluding carboxylic acids is 2. The molecule has 2 amide bonds. The molecule has 1 fully saturated rings. The molecule has 1 saturated heterocycles. The van der Waals surface area contributed by atoms with Crippen molar-refractivity contribution in [3.8, 4) is 17.7 Å². The first-order chi connectivity index (χ1) is 15.5. The summed E-state index contributed by atoms with van der Waals surface area (Å²) in [7, 11) is 3.37. The summed E-state index contributed by atoms with van der Waals surface area (Å²) in [4.78, 5) is 32.6. The lowest BCUT2D eigenvalue weighted by Gasteiger charge is -2.31. The standard InChI is InChI=1S/C23H23N5O4/c1-27(2)22(30)16-5-3-6-17(13-16)25-20(29)15-8-10-28(11-9-15)23-18(14-24)26-21(32-23)19-7-4-12-31-19/h3-7,12-13,15H,8-11H2,1-2H3,(H,25,29). The molecule has 0 bridgehead atoms. The van der Waals surface area contributed by atoms with Crippen LogP contribution in [-0.2, 0) is 4.79 Å². The zero-order valence-electron chi connectivity index (χ0n) is 17.9. The van der Waals surface area contributed by atoms with Crippen molar-refractivity contribution in [3.63, 3.8) is 0 Å². The zero-order chi connectivity index (χ0) is 22.7. The molecule has 164 valence electrons. The number of nitriles is 1. The van der Waals surface area contributed by atoms with Gasteiger partial charge in [0.25, 0.3) is 11.8 Å². The molecule has 2 aromatic heterocycles. The van der Waals surface area contributed by atoms with E-state index in [9.17, 15) is 14.9 Å². The van der Waals surface area contributed by atoms with E-state index in [0.29, 0.717) is 48.8 Å². The number of furan rings is 1. The molecule has 3 aromatic rings. The molecule has 0 aliphatic carbocycles. The predicted octanol–water partition coefficient (Wildman–Crippen LogP) is 3.36. The SMILES string of the molecule is CN(C)C(=O)c1cccc(NC(=O)C2CCN(c3oc(-c4ccco4)nc3C#N)CC2)c1. The Labute approximate surface area is 185 Å². The van der Waals surface area contributed by atoms with Crippen molar-refractivity contribution in [3.05, 3.63) is 53.9 Å². The van der Waals surface area contributed by atoms with Gasteiger partial charge in [0.05, 0.1) is 6.26 Å². The van der Waals surface area contributed by atoms with E-state index in [1.807, 2.05) is 4.90 Å². The summed E-state index contributed by atoms with van der Waals surface area (Å²) in [5, 5.41) is 12.4. The fourth-order valence-corrected chi connectivity index (χ4v) is 3.68. The summed E-state index contributed by atoms with van der Waals surface area (Å²) in [6.45, 7) is 1.11. The normalized spacial score (nSPS) is 14.1. The molecule has 0 saturated carbocycles. The smallest absolute Gasteiger partial charge is 0.266 e. The van der Waals surface area contributed by atoms with Crippen LogP contribution in [0, 0.1) is 17.2 Å². The Hall–Kier alpha value is -4.06. The van der Waals surface area contributed by atoms with E-state index in [4.69, 9.17) is 8.83 Å². The van der Waals surface area contributed by atoms with Gasteiger partial charge in [0.1, 0.15) is 6.07 Å². The monoisotopic (exact) mass is 433 g/mol. The van der Waals surface area contributed by atoms with E-state index in [1.165, 1.54) is 11.2 Å². The van der Waals surface area contributed by atoms with Crippen molar-refractivity contribution in [1.82, 2.24) is 9.88 Å². The molecule has 9 nitrogen and oxygen atoms in total. The third-order valence-electron chi connectivity index (χ3n) is 5.38. The first-order valence-corrected chi connectivity index (χ1v) is 10.3. The van der Waals surface area contributed by atoms with Crippen LogP contribution in [0.15, 0.2) is 51.5 Å². The third-order valence-corrected chi connectivity index (χ3v) is 5.38. The van der Waals surface area contributed by atoms with Gasteiger partial charge in [0, 0.05) is 44.4 Å². The second kappa shape index (κ2) is 8.98. The summed E-state index contributed by atoms with van der Waals surface area (Å²) < 4.78 is 11.1. The minimum Gasteiger partial charge on any atom is -0.459 e. The Bertz CT molecular complexity index is 1150. The Balaban J connectivity index is 1.39. The molecule has 1 N–H and O–H groups in total. The summed E-state index contributed by atoms with van der Waals surface area (Å²) >= 11 is 0. The summed E-state index contributed by atoms with van der Waals surface area (Å²) in [5.41, 5.74) is 1.31. The molecular formula is C23H23N5O4. The quantitative estimate of drug-likeness (QED) is 0.656. The molecule has 32 heavy (non-hydrogen) atoms. The van der Waals surface area contributed by atoms with Crippen LogP contribution in [0.2, 0.25) is 0 Å². The maximum absolute atomic E-state index is 12.8. The van der Waals surface area contributed by atoms with Crippen molar-refractivity contribution < 1.29 is 18.4 Å². The molecule has 3 heterocycles. The number of piperidine rings is 1. The Morgan fingerprint density at radius 3 is 2.66 bits per heavy atom. The molecule has 9 heteroatoms. The number of hydrogen-bond acceptors (Lipinski definition) is 7. The highest BCUT2D eigenvalue weighted by Crippen LogP contribution is 2.31. The van der Waals surface area contributed by atoms with Gasteiger partial charge in [-0.2, -0.15) is 10.2 Å². The number of aromatic nitrogens is 1. The molecule has 0 radical (unpaired) electrons. The number of amides is 2. The molecule has 0 atom stereocenters. The summed E-state index contributed by atoms with van der Waals surface area (Å²) in [6, 6.07) is 12.4. The summed E-state index contributed by atoms with van der Waals surface area (Å²) in [5.74, 6) is 0.716. The second-order valence-corrected chi connectivity index (χ2v) is 7.79. The minimum absolute atomic E-state index is 0.0894. The van der Waals surface area contributed by atoms with Crippen molar-refractivity contribution in [1.29, 1.82) is 5.26 Å². The van der Waals surface area contributed by atoms with Gasteiger partial charge in [-0.25, -0.2) is 0 Å².